The van der Waals surface area contributed by atoms with Crippen molar-refractivity contribution in [3.63, 3.8) is 0 Å². The van der Waals surface area contributed by atoms with Crippen LogP contribution in [0.1, 0.15) is 6.92 Å². The summed E-state index contributed by atoms with van der Waals surface area (Å²) in [5, 5.41) is 3.05. The lowest BCUT2D eigenvalue weighted by atomic mass is 10.2. The van der Waals surface area contributed by atoms with E-state index < -0.39 is 23.6 Å². The standard InChI is InChI=1S/C17H16F3N3O2S/c1-11-15(22-8-7-16(11)25-10-17(18,19)20)9-26(24)12(2)23-14-6-4-3-5-13(14)21/h3-6,23H,2,9-10,21H2,1H3. The number of hydrogen-bond donors (Lipinski definition) is 2. The molecule has 1 heterocycles. The fraction of sp³-hybridized carbons (Fsp3) is 0.235. The van der Waals surface area contributed by atoms with Gasteiger partial charge in [0.1, 0.15) is 0 Å². The summed E-state index contributed by atoms with van der Waals surface area (Å²) >= 11 is 0. The van der Waals surface area contributed by atoms with Crippen LogP contribution in [0.15, 0.2) is 63.6 Å². The average Bonchev–Trinajstić information content (AvgIpc) is 2.56. The molecule has 1 aromatic carbocycles. The van der Waals surface area contributed by atoms with Gasteiger partial charge in [0, 0.05) is 11.4 Å². The minimum atomic E-state index is -4.47. The summed E-state index contributed by atoms with van der Waals surface area (Å²) in [5.74, 6) is 2.14. The second kappa shape index (κ2) is 8.10. The number of allylic oxidation sites excluding steroid dienone is 1. The van der Waals surface area contributed by atoms with Crippen LogP contribution >= 0.6 is 0 Å². The Labute approximate surface area is 150 Å². The van der Waals surface area contributed by atoms with Gasteiger partial charge in [-0.25, -0.2) is 4.99 Å². The Morgan fingerprint density at radius 3 is 2.77 bits per heavy atom. The highest BCUT2D eigenvalue weighted by Crippen LogP contribution is 2.24. The second-order valence-corrected chi connectivity index (χ2v) is 6.75. The molecule has 1 aromatic rings. The Morgan fingerprint density at radius 2 is 2.12 bits per heavy atom. The summed E-state index contributed by atoms with van der Waals surface area (Å²) in [4.78, 5) is 3.90. The fourth-order valence-electron chi connectivity index (χ4n) is 1.92. The number of nitrogens with two attached hydrogens (primary N) is 1. The molecule has 0 bridgehead atoms. The van der Waals surface area contributed by atoms with Crippen molar-refractivity contribution >= 4 is 28.0 Å². The van der Waals surface area contributed by atoms with Crippen LogP contribution in [0.25, 0.3) is 0 Å². The summed E-state index contributed by atoms with van der Waals surface area (Å²) in [6.45, 7) is 3.78. The van der Waals surface area contributed by atoms with Crippen molar-refractivity contribution in [1.82, 2.24) is 0 Å². The minimum Gasteiger partial charge on any atom is -0.476 e. The zero-order valence-electron chi connectivity index (χ0n) is 13.8. The van der Waals surface area contributed by atoms with Crippen LogP contribution in [-0.4, -0.2) is 28.6 Å². The van der Waals surface area contributed by atoms with Crippen molar-refractivity contribution in [3.05, 3.63) is 58.6 Å². The number of nitrogens with zero attached hydrogens (tertiary/aromatic N) is 1. The predicted octanol–water partition coefficient (Wildman–Crippen LogP) is 3.48. The molecule has 0 saturated heterocycles. The average molecular weight is 383 g/mol. The van der Waals surface area contributed by atoms with Crippen molar-refractivity contribution in [2.75, 3.05) is 23.4 Å². The molecule has 1 unspecified atom stereocenters. The van der Waals surface area contributed by atoms with Gasteiger partial charge >= 0.3 is 6.18 Å². The normalized spacial score (nSPS) is 14.8. The largest absolute Gasteiger partial charge is 0.476 e. The third kappa shape index (κ3) is 5.39. The number of nitrogens with one attached hydrogen (secondary N) is 1. The number of halogens is 3. The molecule has 0 fully saturated rings. The first-order chi connectivity index (χ1) is 12.2. The Bertz CT molecular complexity index is 877. The van der Waals surface area contributed by atoms with Gasteiger partial charge in [-0.3, -0.25) is 4.21 Å². The van der Waals surface area contributed by atoms with E-state index in [1.807, 2.05) is 0 Å². The molecule has 0 amide bonds. The van der Waals surface area contributed by atoms with E-state index in [0.29, 0.717) is 16.9 Å². The van der Waals surface area contributed by atoms with Crippen LogP contribution in [0.5, 0.6) is 0 Å². The van der Waals surface area contributed by atoms with E-state index >= 15 is 0 Å². The van der Waals surface area contributed by atoms with Gasteiger partial charge in [0.15, 0.2) is 12.4 Å². The lowest BCUT2D eigenvalue weighted by molar-refractivity contribution is -0.164. The first kappa shape index (κ1) is 19.6. The molecule has 3 N–H and O–H groups in total. The molecule has 5 nitrogen and oxygen atoms in total. The summed E-state index contributed by atoms with van der Waals surface area (Å²) in [7, 11) is -1.60. The summed E-state index contributed by atoms with van der Waals surface area (Å²) < 4.78 is 54.0. The second-order valence-electron chi connectivity index (χ2n) is 5.28. The van der Waals surface area contributed by atoms with Crippen LogP contribution in [-0.2, 0) is 15.5 Å². The third-order valence-corrected chi connectivity index (χ3v) is 4.48. The monoisotopic (exact) mass is 383 g/mol. The van der Waals surface area contributed by atoms with Gasteiger partial charge in [0.05, 0.1) is 38.7 Å². The van der Waals surface area contributed by atoms with Crippen LogP contribution in [0.3, 0.4) is 0 Å². The number of hydrogen-bond acceptors (Lipinski definition) is 5. The van der Waals surface area contributed by atoms with E-state index in [2.05, 4.69) is 33.2 Å². The molecule has 1 atom stereocenters. The molecule has 2 rings (SSSR count). The first-order valence-electron chi connectivity index (χ1n) is 7.34. The van der Waals surface area contributed by atoms with Crippen molar-refractivity contribution in [2.45, 2.75) is 13.1 Å². The molecule has 0 saturated carbocycles. The van der Waals surface area contributed by atoms with E-state index in [9.17, 15) is 17.4 Å². The summed E-state index contributed by atoms with van der Waals surface area (Å²) in [6.07, 6.45) is -4.47. The molecular weight excluding hydrogens is 367 g/mol. The molecule has 9 heteroatoms. The van der Waals surface area contributed by atoms with Crippen molar-refractivity contribution < 1.29 is 22.1 Å². The number of aliphatic imine (C=N–C) groups is 1. The highest BCUT2D eigenvalue weighted by atomic mass is 32.2. The van der Waals surface area contributed by atoms with Gasteiger partial charge in [-0.15, -0.1) is 0 Å². The Balaban J connectivity index is 2.04. The molecule has 0 radical (unpaired) electrons. The minimum absolute atomic E-state index is 0.0715. The summed E-state index contributed by atoms with van der Waals surface area (Å²) in [6, 6.07) is 6.89. The lowest BCUT2D eigenvalue weighted by Crippen LogP contribution is -2.18. The maximum absolute atomic E-state index is 12.4. The topological polar surface area (TPSA) is 76.7 Å². The van der Waals surface area contributed by atoms with E-state index in [0.717, 1.165) is 0 Å². The van der Waals surface area contributed by atoms with Gasteiger partial charge in [-0.1, -0.05) is 18.7 Å². The van der Waals surface area contributed by atoms with Gasteiger partial charge in [0.2, 0.25) is 0 Å². The smallest absolute Gasteiger partial charge is 0.422 e. The van der Waals surface area contributed by atoms with Crippen LogP contribution < -0.4 is 11.1 Å². The van der Waals surface area contributed by atoms with Gasteiger partial charge in [-0.2, -0.15) is 13.2 Å². The number of nitrogen functional groups attached to an aromatic ring is 1. The van der Waals surface area contributed by atoms with E-state index in [1.54, 1.807) is 24.3 Å². The zero-order valence-corrected chi connectivity index (χ0v) is 14.6. The number of para-hydroxylation sites is 2. The van der Waals surface area contributed by atoms with Gasteiger partial charge < -0.3 is 15.8 Å². The van der Waals surface area contributed by atoms with E-state index in [-0.39, 0.29) is 22.2 Å². The fourth-order valence-corrected chi connectivity index (χ4v) is 2.85. The van der Waals surface area contributed by atoms with Crippen LogP contribution in [0.4, 0.5) is 24.5 Å². The predicted molar refractivity (Wildman–Crippen MR) is 95.8 cm³/mol. The van der Waals surface area contributed by atoms with Crippen molar-refractivity contribution in [1.29, 1.82) is 0 Å². The Kier molecular flexibility index (Phi) is 6.10. The van der Waals surface area contributed by atoms with Crippen LogP contribution in [0.2, 0.25) is 0 Å². The first-order valence-corrected chi connectivity index (χ1v) is 8.66. The summed E-state index contributed by atoms with van der Waals surface area (Å²) in [5.41, 5.74) is 9.80. The van der Waals surface area contributed by atoms with E-state index in [1.165, 1.54) is 6.92 Å². The number of benzene rings is 1. The maximum atomic E-state index is 12.4. The number of alkyl halides is 3. The zero-order chi connectivity index (χ0) is 19.3. The highest BCUT2D eigenvalue weighted by molar-refractivity contribution is 7.89. The van der Waals surface area contributed by atoms with Gasteiger partial charge in [-0.05, 0) is 24.8 Å². The van der Waals surface area contributed by atoms with Crippen molar-refractivity contribution in [2.24, 2.45) is 4.99 Å². The molecule has 1 aliphatic heterocycles. The van der Waals surface area contributed by atoms with Crippen LogP contribution in [0, 0.1) is 0 Å². The SMILES string of the molecule is C=C(Nc1ccccc1N)S(=O)CC1=C(C)C(OCC(F)(F)F)=C=C=N1. The molecule has 0 spiro atoms. The molecular formula is C17H16F3N3O2S. The number of ether oxygens (including phenoxy) is 1. The lowest BCUT2D eigenvalue weighted by Gasteiger charge is -2.15. The van der Waals surface area contributed by atoms with Gasteiger partial charge in [0.25, 0.3) is 0 Å². The quantitative estimate of drug-likeness (QED) is 0.558. The molecule has 26 heavy (non-hydrogen) atoms. The molecule has 0 aliphatic carbocycles. The van der Waals surface area contributed by atoms with Crippen molar-refractivity contribution in [3.8, 4) is 0 Å². The molecule has 1 aliphatic rings. The molecule has 138 valence electrons. The number of rotatable bonds is 7. The highest BCUT2D eigenvalue weighted by Gasteiger charge is 2.29. The Hall–Kier alpha value is -2.73. The Morgan fingerprint density at radius 1 is 1.42 bits per heavy atom. The third-order valence-electron chi connectivity index (χ3n) is 3.29. The maximum Gasteiger partial charge on any atom is 0.422 e. The molecule has 0 aromatic heterocycles. The number of anilines is 2. The van der Waals surface area contributed by atoms with E-state index in [4.69, 9.17) is 5.73 Å².